The third-order valence-electron chi connectivity index (χ3n) is 4.25. The summed E-state index contributed by atoms with van der Waals surface area (Å²) in [6, 6.07) is 9.12. The number of anilines is 1. The normalized spacial score (nSPS) is 14.0. The largest absolute Gasteiger partial charge is 0.481 e. The highest BCUT2D eigenvalue weighted by Gasteiger charge is 2.19. The maximum absolute atomic E-state index is 11.7. The van der Waals surface area contributed by atoms with Gasteiger partial charge in [0.05, 0.1) is 36.3 Å². The highest BCUT2D eigenvalue weighted by atomic mass is 32.2. The lowest BCUT2D eigenvalue weighted by molar-refractivity contribution is -0.139. The fraction of sp³-hybridized carbons (Fsp3) is 0.381. The summed E-state index contributed by atoms with van der Waals surface area (Å²) in [6.07, 6.45) is 1.17. The van der Waals surface area contributed by atoms with Gasteiger partial charge in [0.15, 0.2) is 0 Å². The number of hydrogen-bond acceptors (Lipinski definition) is 7. The van der Waals surface area contributed by atoms with Gasteiger partial charge >= 0.3 is 5.97 Å². The lowest BCUT2D eigenvalue weighted by Crippen LogP contribution is -2.19. The zero-order chi connectivity index (χ0) is 23.2. The molecule has 0 radical (unpaired) electrons. The minimum Gasteiger partial charge on any atom is -0.481 e. The predicted octanol–water partition coefficient (Wildman–Crippen LogP) is 2.24. The van der Waals surface area contributed by atoms with E-state index in [2.05, 4.69) is 14.7 Å². The summed E-state index contributed by atoms with van der Waals surface area (Å²) < 4.78 is 25.7. The number of carboxylic acid groups (broad SMARTS) is 1. The van der Waals surface area contributed by atoms with Gasteiger partial charge in [-0.05, 0) is 5.92 Å². The molecule has 168 valence electrons. The van der Waals surface area contributed by atoms with Crippen LogP contribution in [0.1, 0.15) is 43.9 Å². The second-order valence-electron chi connectivity index (χ2n) is 7.50. The van der Waals surface area contributed by atoms with E-state index in [4.69, 9.17) is 5.11 Å². The zero-order valence-corrected chi connectivity index (χ0v) is 18.4. The first-order valence-corrected chi connectivity index (χ1v) is 11.6. The van der Waals surface area contributed by atoms with Crippen LogP contribution in [0.5, 0.6) is 0 Å². The third kappa shape index (κ3) is 7.74. The number of benzene rings is 1. The van der Waals surface area contributed by atoms with Crippen LogP contribution in [0.25, 0.3) is 17.3 Å². The van der Waals surface area contributed by atoms with E-state index in [-0.39, 0.29) is 18.3 Å². The molecular formula is C21H27N3O6S. The molecule has 1 heterocycles. The van der Waals surface area contributed by atoms with E-state index in [1.807, 2.05) is 44.2 Å². The molecule has 1 aromatic carbocycles. The van der Waals surface area contributed by atoms with Crippen molar-refractivity contribution in [2.24, 2.45) is 0 Å². The number of carboxylic acids is 1. The van der Waals surface area contributed by atoms with Crippen molar-refractivity contribution in [1.29, 1.82) is 0 Å². The first-order valence-electron chi connectivity index (χ1n) is 9.67. The molecule has 2 rings (SSSR count). The number of aliphatic hydroxyl groups is 2. The fourth-order valence-corrected chi connectivity index (χ4v) is 3.39. The quantitative estimate of drug-likeness (QED) is 0.431. The predicted molar refractivity (Wildman–Crippen MR) is 118 cm³/mol. The van der Waals surface area contributed by atoms with Gasteiger partial charge in [-0.15, -0.1) is 0 Å². The van der Waals surface area contributed by atoms with Gasteiger partial charge in [-0.3, -0.25) is 9.52 Å². The smallest absolute Gasteiger partial charge is 0.305 e. The van der Waals surface area contributed by atoms with Crippen molar-refractivity contribution in [2.45, 2.75) is 44.8 Å². The maximum Gasteiger partial charge on any atom is 0.305 e. The Hall–Kier alpha value is -2.82. The van der Waals surface area contributed by atoms with Gasteiger partial charge < -0.3 is 15.3 Å². The van der Waals surface area contributed by atoms with Crippen molar-refractivity contribution in [1.82, 2.24) is 9.97 Å². The molecule has 2 atom stereocenters. The number of nitrogens with zero attached hydrogens (tertiary/aromatic N) is 2. The average Bonchev–Trinajstić information content (AvgIpc) is 2.65. The monoisotopic (exact) mass is 449 g/mol. The maximum atomic E-state index is 11.7. The highest BCUT2D eigenvalue weighted by Crippen LogP contribution is 2.30. The van der Waals surface area contributed by atoms with E-state index >= 15 is 0 Å². The Kier molecular flexibility index (Phi) is 8.26. The van der Waals surface area contributed by atoms with Crippen LogP contribution in [0, 0.1) is 0 Å². The number of sulfonamides is 1. The molecule has 31 heavy (non-hydrogen) atoms. The molecule has 0 amide bonds. The number of aliphatic hydroxyl groups excluding tert-OH is 2. The molecule has 9 nitrogen and oxygen atoms in total. The second kappa shape index (κ2) is 10.5. The van der Waals surface area contributed by atoms with Crippen LogP contribution >= 0.6 is 0 Å². The Morgan fingerprint density at radius 1 is 1.16 bits per heavy atom. The number of carbonyl (C=O) groups is 1. The SMILES string of the molecule is CC(C)c1nc(NS(C)(=O)=O)nc(-c2ccccc2)c1/C=C/C(O)CC(O)CC(=O)O. The minimum absolute atomic E-state index is 0.0559. The lowest BCUT2D eigenvalue weighted by atomic mass is 9.97. The van der Waals surface area contributed by atoms with Crippen molar-refractivity contribution < 1.29 is 28.5 Å². The summed E-state index contributed by atoms with van der Waals surface area (Å²) in [4.78, 5) is 19.4. The third-order valence-corrected chi connectivity index (χ3v) is 4.81. The van der Waals surface area contributed by atoms with E-state index in [0.717, 1.165) is 11.8 Å². The Morgan fingerprint density at radius 3 is 2.35 bits per heavy atom. The minimum atomic E-state index is -3.59. The van der Waals surface area contributed by atoms with E-state index in [1.165, 1.54) is 6.08 Å². The number of aliphatic carboxylic acids is 1. The van der Waals surface area contributed by atoms with Crippen molar-refractivity contribution in [3.8, 4) is 11.3 Å². The molecule has 1 aromatic heterocycles. The van der Waals surface area contributed by atoms with Crippen LogP contribution in [0.4, 0.5) is 5.95 Å². The zero-order valence-electron chi connectivity index (χ0n) is 17.6. The van der Waals surface area contributed by atoms with Gasteiger partial charge in [0.1, 0.15) is 0 Å². The molecule has 2 aromatic rings. The van der Waals surface area contributed by atoms with Crippen molar-refractivity contribution in [3.63, 3.8) is 0 Å². The molecule has 0 aliphatic heterocycles. The number of hydrogen-bond donors (Lipinski definition) is 4. The first kappa shape index (κ1) is 24.4. The standard InChI is InChI=1S/C21H27N3O6S/c1-13(2)19-17(10-9-15(25)11-16(26)12-18(27)28)20(14-7-5-4-6-8-14)23-21(22-19)24-31(3,29)30/h4-10,13,15-16,25-26H,11-12H2,1-3H3,(H,27,28)(H,22,23,24)/b10-9+. The Morgan fingerprint density at radius 2 is 1.81 bits per heavy atom. The Balaban J connectivity index is 2.52. The fourth-order valence-electron chi connectivity index (χ4n) is 2.97. The molecule has 0 fully saturated rings. The van der Waals surface area contributed by atoms with Crippen molar-refractivity contribution in [3.05, 3.63) is 47.7 Å². The molecule has 0 aliphatic rings. The highest BCUT2D eigenvalue weighted by molar-refractivity contribution is 7.91. The Bertz CT molecular complexity index is 1040. The molecule has 0 spiro atoms. The molecule has 10 heteroatoms. The van der Waals surface area contributed by atoms with E-state index in [1.54, 1.807) is 6.08 Å². The average molecular weight is 450 g/mol. The van der Waals surface area contributed by atoms with Gasteiger partial charge in [0, 0.05) is 17.5 Å². The van der Waals surface area contributed by atoms with Crippen LogP contribution in [0.2, 0.25) is 0 Å². The molecule has 0 bridgehead atoms. The van der Waals surface area contributed by atoms with Gasteiger partial charge in [0.25, 0.3) is 0 Å². The van der Waals surface area contributed by atoms with Crippen LogP contribution in [0.15, 0.2) is 36.4 Å². The van der Waals surface area contributed by atoms with Gasteiger partial charge in [-0.25, -0.2) is 18.4 Å². The molecule has 0 aliphatic carbocycles. The summed E-state index contributed by atoms with van der Waals surface area (Å²) >= 11 is 0. The van der Waals surface area contributed by atoms with E-state index < -0.39 is 34.6 Å². The number of nitrogens with one attached hydrogen (secondary N) is 1. The lowest BCUT2D eigenvalue weighted by Gasteiger charge is -2.17. The molecule has 4 N–H and O–H groups in total. The van der Waals surface area contributed by atoms with Gasteiger partial charge in [0.2, 0.25) is 16.0 Å². The topological polar surface area (TPSA) is 150 Å². The van der Waals surface area contributed by atoms with Crippen LogP contribution in [-0.4, -0.2) is 58.1 Å². The number of rotatable bonds is 10. The Labute approximate surface area is 181 Å². The second-order valence-corrected chi connectivity index (χ2v) is 9.25. The van der Waals surface area contributed by atoms with Crippen LogP contribution in [-0.2, 0) is 14.8 Å². The summed E-state index contributed by atoms with van der Waals surface area (Å²) in [5.41, 5.74) is 2.35. The van der Waals surface area contributed by atoms with Crippen molar-refractivity contribution >= 4 is 28.0 Å². The van der Waals surface area contributed by atoms with E-state index in [0.29, 0.717) is 17.0 Å². The summed E-state index contributed by atoms with van der Waals surface area (Å²) in [5, 5.41) is 28.7. The van der Waals surface area contributed by atoms with Gasteiger partial charge in [-0.2, -0.15) is 0 Å². The van der Waals surface area contributed by atoms with Crippen LogP contribution < -0.4 is 4.72 Å². The molecule has 0 saturated heterocycles. The van der Waals surface area contributed by atoms with E-state index in [9.17, 15) is 23.4 Å². The summed E-state index contributed by atoms with van der Waals surface area (Å²) in [6.45, 7) is 3.79. The molecule has 0 saturated carbocycles. The van der Waals surface area contributed by atoms with Crippen molar-refractivity contribution in [2.75, 3.05) is 11.0 Å². The van der Waals surface area contributed by atoms with Crippen LogP contribution in [0.3, 0.4) is 0 Å². The summed E-state index contributed by atoms with van der Waals surface area (Å²) in [7, 11) is -3.59. The number of aromatic nitrogens is 2. The van der Waals surface area contributed by atoms with Gasteiger partial charge in [-0.1, -0.05) is 56.3 Å². The molecule has 2 unspecified atom stereocenters. The first-order chi connectivity index (χ1) is 14.5. The molecular weight excluding hydrogens is 422 g/mol. The summed E-state index contributed by atoms with van der Waals surface area (Å²) in [5.74, 6) is -1.31.